The quantitative estimate of drug-likeness (QED) is 0.763. The highest BCUT2D eigenvalue weighted by Gasteiger charge is 2.26. The molecule has 0 spiro atoms. The van der Waals surface area contributed by atoms with Gasteiger partial charge in [0.1, 0.15) is 10.5 Å². The molecule has 1 heterocycles. The number of carboxylic acid groups (broad SMARTS) is 1. The van der Waals surface area contributed by atoms with E-state index >= 15 is 0 Å². The normalized spacial score (nSPS) is 15.7. The van der Waals surface area contributed by atoms with E-state index in [4.69, 9.17) is 9.84 Å². The minimum Gasteiger partial charge on any atom is -0.476 e. The highest BCUT2D eigenvalue weighted by atomic mass is 32.2. The summed E-state index contributed by atoms with van der Waals surface area (Å²) in [6.45, 7) is 5.14. The van der Waals surface area contributed by atoms with Gasteiger partial charge in [-0.1, -0.05) is 11.8 Å². The summed E-state index contributed by atoms with van der Waals surface area (Å²) in [4.78, 5) is 26.5. The number of carboxylic acids is 1. The van der Waals surface area contributed by atoms with Gasteiger partial charge in [0, 0.05) is 6.21 Å². The Hall–Kier alpha value is -1.56. The highest BCUT2D eigenvalue weighted by Crippen LogP contribution is 2.27. The molecule has 0 saturated heterocycles. The lowest BCUT2D eigenvalue weighted by Gasteiger charge is -2.20. The number of aliphatic imine (C=N–C) groups is 1. The lowest BCUT2D eigenvalue weighted by molar-refractivity contribution is -0.149. The number of carbonyl (C=O) groups is 2. The SMILES string of the molecule is CC(C)(C)OC(=O)C1=C(C(=O)O)N=CC=CS1. The average Bonchev–Trinajstić information content (AvgIpc) is 2.39. The van der Waals surface area contributed by atoms with Gasteiger partial charge in [-0.05, 0) is 32.3 Å². The summed E-state index contributed by atoms with van der Waals surface area (Å²) in [5, 5.41) is 10.5. The third-order valence-corrected chi connectivity index (χ3v) is 2.45. The standard InChI is InChI=1S/C11H13NO4S/c1-11(2,3)16-10(15)8-7(9(13)14)12-5-4-6-17-8/h4-6H,1-3H3,(H,13,14). The van der Waals surface area contributed by atoms with E-state index in [0.29, 0.717) is 0 Å². The lowest BCUT2D eigenvalue weighted by atomic mass is 10.2. The Kier molecular flexibility index (Phi) is 4.11. The van der Waals surface area contributed by atoms with Gasteiger partial charge in [-0.2, -0.15) is 0 Å². The van der Waals surface area contributed by atoms with Crippen LogP contribution in [0.4, 0.5) is 0 Å². The molecule has 0 aromatic heterocycles. The predicted molar refractivity (Wildman–Crippen MR) is 65.7 cm³/mol. The number of aliphatic carboxylic acids is 1. The molecule has 0 radical (unpaired) electrons. The van der Waals surface area contributed by atoms with Crippen LogP contribution in [-0.2, 0) is 14.3 Å². The zero-order chi connectivity index (χ0) is 13.1. The summed E-state index contributed by atoms with van der Waals surface area (Å²) in [7, 11) is 0. The summed E-state index contributed by atoms with van der Waals surface area (Å²) >= 11 is 0.988. The van der Waals surface area contributed by atoms with Crippen molar-refractivity contribution >= 4 is 29.9 Å². The molecule has 0 aromatic rings. The number of carbonyl (C=O) groups excluding carboxylic acids is 1. The molecule has 0 aromatic carbocycles. The number of rotatable bonds is 2. The molecule has 0 saturated carbocycles. The van der Waals surface area contributed by atoms with Crippen LogP contribution in [0.2, 0.25) is 0 Å². The number of hydrogen-bond donors (Lipinski definition) is 1. The highest BCUT2D eigenvalue weighted by molar-refractivity contribution is 8.06. The smallest absolute Gasteiger partial charge is 0.355 e. The second-order valence-electron chi connectivity index (χ2n) is 4.21. The molecular weight excluding hydrogens is 242 g/mol. The number of ether oxygens (including phenoxy) is 1. The van der Waals surface area contributed by atoms with Crippen molar-refractivity contribution in [3.8, 4) is 0 Å². The van der Waals surface area contributed by atoms with Crippen LogP contribution in [0.5, 0.6) is 0 Å². The van der Waals surface area contributed by atoms with Crippen LogP contribution in [-0.4, -0.2) is 28.9 Å². The van der Waals surface area contributed by atoms with E-state index in [1.54, 1.807) is 32.3 Å². The van der Waals surface area contributed by atoms with Crippen molar-refractivity contribution in [2.24, 2.45) is 4.99 Å². The molecule has 1 N–H and O–H groups in total. The maximum atomic E-state index is 11.8. The molecule has 17 heavy (non-hydrogen) atoms. The van der Waals surface area contributed by atoms with Gasteiger partial charge in [0.25, 0.3) is 0 Å². The van der Waals surface area contributed by atoms with Gasteiger partial charge < -0.3 is 9.84 Å². The third kappa shape index (κ3) is 4.07. The first kappa shape index (κ1) is 13.5. The summed E-state index contributed by atoms with van der Waals surface area (Å²) in [6, 6.07) is 0. The average molecular weight is 255 g/mol. The number of thioether (sulfide) groups is 1. The van der Waals surface area contributed by atoms with Crippen molar-refractivity contribution in [1.29, 1.82) is 0 Å². The first-order valence-electron chi connectivity index (χ1n) is 4.88. The molecule has 0 amide bonds. The summed E-state index contributed by atoms with van der Waals surface area (Å²) in [6.07, 6.45) is 2.89. The Balaban J connectivity index is 3.06. The fourth-order valence-corrected chi connectivity index (χ4v) is 1.67. The van der Waals surface area contributed by atoms with Gasteiger partial charge in [0.2, 0.25) is 0 Å². The molecule has 92 valence electrons. The van der Waals surface area contributed by atoms with E-state index in [0.717, 1.165) is 11.8 Å². The van der Waals surface area contributed by atoms with Crippen LogP contribution in [0.1, 0.15) is 20.8 Å². The number of allylic oxidation sites excluding steroid dienone is 1. The van der Waals surface area contributed by atoms with Crippen LogP contribution < -0.4 is 0 Å². The largest absolute Gasteiger partial charge is 0.476 e. The first-order chi connectivity index (χ1) is 7.81. The molecule has 5 nitrogen and oxygen atoms in total. The molecule has 1 rings (SSSR count). The molecule has 0 fully saturated rings. The fraction of sp³-hybridized carbons (Fsp3) is 0.364. The molecular formula is C11H13NO4S. The van der Waals surface area contributed by atoms with Crippen molar-refractivity contribution in [3.63, 3.8) is 0 Å². The zero-order valence-corrected chi connectivity index (χ0v) is 10.6. The second-order valence-corrected chi connectivity index (χ2v) is 5.13. The van der Waals surface area contributed by atoms with Crippen molar-refractivity contribution in [3.05, 3.63) is 22.1 Å². The van der Waals surface area contributed by atoms with Crippen LogP contribution in [0, 0.1) is 0 Å². The number of nitrogens with zero attached hydrogens (tertiary/aromatic N) is 1. The van der Waals surface area contributed by atoms with Gasteiger partial charge in [-0.3, -0.25) is 0 Å². The maximum absolute atomic E-state index is 11.8. The monoisotopic (exact) mass is 255 g/mol. The molecule has 0 aliphatic carbocycles. The summed E-state index contributed by atoms with van der Waals surface area (Å²) in [5.74, 6) is -1.93. The molecule has 1 aliphatic rings. The van der Waals surface area contributed by atoms with E-state index in [-0.39, 0.29) is 10.6 Å². The lowest BCUT2D eigenvalue weighted by Crippen LogP contribution is -2.25. The zero-order valence-electron chi connectivity index (χ0n) is 9.76. The molecule has 0 unspecified atom stereocenters. The van der Waals surface area contributed by atoms with E-state index in [1.807, 2.05) is 0 Å². The molecule has 1 aliphatic heterocycles. The van der Waals surface area contributed by atoms with Crippen LogP contribution in [0.15, 0.2) is 27.1 Å². The van der Waals surface area contributed by atoms with Gasteiger partial charge >= 0.3 is 11.9 Å². The van der Waals surface area contributed by atoms with E-state index in [2.05, 4.69) is 4.99 Å². The third-order valence-electron chi connectivity index (χ3n) is 1.56. The van der Waals surface area contributed by atoms with Crippen LogP contribution in [0.25, 0.3) is 0 Å². The topological polar surface area (TPSA) is 76.0 Å². The van der Waals surface area contributed by atoms with Gasteiger partial charge in [-0.15, -0.1) is 0 Å². The van der Waals surface area contributed by atoms with Crippen molar-refractivity contribution in [1.82, 2.24) is 0 Å². The van der Waals surface area contributed by atoms with Crippen LogP contribution in [0.3, 0.4) is 0 Å². The molecule has 0 bridgehead atoms. The van der Waals surface area contributed by atoms with Gasteiger partial charge in [0.05, 0.1) is 0 Å². The Morgan fingerprint density at radius 1 is 1.41 bits per heavy atom. The maximum Gasteiger partial charge on any atom is 0.355 e. The van der Waals surface area contributed by atoms with Gasteiger partial charge in [-0.25, -0.2) is 14.6 Å². The molecule has 0 atom stereocenters. The van der Waals surface area contributed by atoms with Crippen LogP contribution >= 0.6 is 11.8 Å². The number of hydrogen-bond acceptors (Lipinski definition) is 5. The second kappa shape index (κ2) is 5.18. The van der Waals surface area contributed by atoms with E-state index in [9.17, 15) is 9.59 Å². The minimum absolute atomic E-state index is 0.0163. The Bertz CT molecular complexity index is 429. The van der Waals surface area contributed by atoms with Crippen molar-refractivity contribution in [2.75, 3.05) is 0 Å². The van der Waals surface area contributed by atoms with Gasteiger partial charge in [0.15, 0.2) is 5.70 Å². The van der Waals surface area contributed by atoms with E-state index in [1.165, 1.54) is 6.21 Å². The summed E-state index contributed by atoms with van der Waals surface area (Å²) in [5.41, 5.74) is -0.970. The molecule has 6 heteroatoms. The van der Waals surface area contributed by atoms with Crippen molar-refractivity contribution < 1.29 is 19.4 Å². The Morgan fingerprint density at radius 2 is 2.06 bits per heavy atom. The number of esters is 1. The first-order valence-corrected chi connectivity index (χ1v) is 5.76. The van der Waals surface area contributed by atoms with Crippen molar-refractivity contribution in [2.45, 2.75) is 26.4 Å². The Morgan fingerprint density at radius 3 is 2.59 bits per heavy atom. The Labute approximate surface area is 103 Å². The van der Waals surface area contributed by atoms with E-state index < -0.39 is 17.5 Å². The summed E-state index contributed by atoms with van der Waals surface area (Å²) < 4.78 is 5.12. The predicted octanol–water partition coefficient (Wildman–Crippen LogP) is 1.96. The fourth-order valence-electron chi connectivity index (χ4n) is 0.996. The minimum atomic E-state index is -1.25.